The van der Waals surface area contributed by atoms with Crippen molar-refractivity contribution >= 4 is 0 Å². The fraction of sp³-hybridized carbons (Fsp3) is 0.222. The lowest BCUT2D eigenvalue weighted by Crippen LogP contribution is -2.04. The normalized spacial score (nSPS) is 10.5. The standard InChI is InChI=1S/C9H9FN4/c1-6-3-7(2)14(13-6)9-11-4-8(10)5-12-9/h3-5H,1-2H3. The summed E-state index contributed by atoms with van der Waals surface area (Å²) in [6, 6.07) is 1.91. The Balaban J connectivity index is 2.49. The fourth-order valence-corrected chi connectivity index (χ4v) is 1.25. The average Bonchev–Trinajstić information content (AvgIpc) is 2.47. The largest absolute Gasteiger partial charge is 0.250 e. The van der Waals surface area contributed by atoms with Crippen molar-refractivity contribution in [1.29, 1.82) is 0 Å². The number of hydrogen-bond donors (Lipinski definition) is 0. The fourth-order valence-electron chi connectivity index (χ4n) is 1.25. The summed E-state index contributed by atoms with van der Waals surface area (Å²) in [6.45, 7) is 3.78. The third-order valence-corrected chi connectivity index (χ3v) is 1.81. The van der Waals surface area contributed by atoms with Crippen LogP contribution >= 0.6 is 0 Å². The van der Waals surface area contributed by atoms with Crippen molar-refractivity contribution in [3.63, 3.8) is 0 Å². The highest BCUT2D eigenvalue weighted by atomic mass is 19.1. The first-order valence-electron chi connectivity index (χ1n) is 4.18. The van der Waals surface area contributed by atoms with Gasteiger partial charge in [-0.2, -0.15) is 5.10 Å². The van der Waals surface area contributed by atoms with Gasteiger partial charge in [-0.05, 0) is 19.9 Å². The summed E-state index contributed by atoms with van der Waals surface area (Å²) in [5.41, 5.74) is 1.81. The van der Waals surface area contributed by atoms with Crippen LogP contribution in [0.25, 0.3) is 5.95 Å². The van der Waals surface area contributed by atoms with Crippen molar-refractivity contribution in [3.05, 3.63) is 35.7 Å². The van der Waals surface area contributed by atoms with Gasteiger partial charge >= 0.3 is 0 Å². The van der Waals surface area contributed by atoms with Crippen LogP contribution in [0.5, 0.6) is 0 Å². The number of halogens is 1. The monoisotopic (exact) mass is 192 g/mol. The van der Waals surface area contributed by atoms with E-state index >= 15 is 0 Å². The number of hydrogen-bond acceptors (Lipinski definition) is 3. The Morgan fingerprint density at radius 1 is 1.21 bits per heavy atom. The molecule has 0 amide bonds. The van der Waals surface area contributed by atoms with E-state index in [9.17, 15) is 4.39 Å². The maximum atomic E-state index is 12.6. The van der Waals surface area contributed by atoms with Crippen molar-refractivity contribution in [1.82, 2.24) is 19.7 Å². The Morgan fingerprint density at radius 3 is 2.36 bits per heavy atom. The SMILES string of the molecule is Cc1cc(C)n(-c2ncc(F)cn2)n1. The molecule has 0 aliphatic rings. The first kappa shape index (κ1) is 8.80. The molecule has 0 saturated carbocycles. The van der Waals surface area contributed by atoms with Crippen molar-refractivity contribution in [2.24, 2.45) is 0 Å². The molecule has 5 heteroatoms. The first-order valence-corrected chi connectivity index (χ1v) is 4.18. The van der Waals surface area contributed by atoms with Gasteiger partial charge in [0.15, 0.2) is 5.82 Å². The molecule has 0 aliphatic carbocycles. The Kier molecular flexibility index (Phi) is 1.99. The molecule has 0 aliphatic heterocycles. The Bertz CT molecular complexity index is 446. The highest BCUT2D eigenvalue weighted by Gasteiger charge is 2.05. The van der Waals surface area contributed by atoms with E-state index in [-0.39, 0.29) is 0 Å². The van der Waals surface area contributed by atoms with Crippen LogP contribution in [-0.2, 0) is 0 Å². The summed E-state index contributed by atoms with van der Waals surface area (Å²) in [5, 5.41) is 4.18. The van der Waals surface area contributed by atoms with Crippen LogP contribution < -0.4 is 0 Å². The third-order valence-electron chi connectivity index (χ3n) is 1.81. The van der Waals surface area contributed by atoms with Crippen molar-refractivity contribution in [2.45, 2.75) is 13.8 Å². The molecule has 0 unspecified atom stereocenters. The molecule has 0 N–H and O–H groups in total. The zero-order chi connectivity index (χ0) is 10.1. The van der Waals surface area contributed by atoms with Gasteiger partial charge in [0.05, 0.1) is 18.1 Å². The summed E-state index contributed by atoms with van der Waals surface area (Å²) in [4.78, 5) is 7.67. The van der Waals surface area contributed by atoms with Crippen LogP contribution in [0.3, 0.4) is 0 Å². The number of aryl methyl sites for hydroxylation is 2. The van der Waals surface area contributed by atoms with Crippen LogP contribution in [0.15, 0.2) is 18.5 Å². The zero-order valence-electron chi connectivity index (χ0n) is 7.90. The maximum Gasteiger partial charge on any atom is 0.250 e. The summed E-state index contributed by atoms with van der Waals surface area (Å²) in [7, 11) is 0. The van der Waals surface area contributed by atoms with Gasteiger partial charge in [-0.15, -0.1) is 0 Å². The van der Waals surface area contributed by atoms with E-state index in [4.69, 9.17) is 0 Å². The molecule has 0 atom stereocenters. The van der Waals surface area contributed by atoms with Gasteiger partial charge < -0.3 is 0 Å². The summed E-state index contributed by atoms with van der Waals surface area (Å²) < 4.78 is 14.1. The molecule has 0 bridgehead atoms. The van der Waals surface area contributed by atoms with E-state index in [1.165, 1.54) is 0 Å². The summed E-state index contributed by atoms with van der Waals surface area (Å²) in [5.74, 6) is -0.0627. The molecular formula is C9H9FN4. The van der Waals surface area contributed by atoms with E-state index in [0.29, 0.717) is 5.95 Å². The van der Waals surface area contributed by atoms with E-state index in [2.05, 4.69) is 15.1 Å². The highest BCUT2D eigenvalue weighted by molar-refractivity contribution is 5.17. The maximum absolute atomic E-state index is 12.6. The quantitative estimate of drug-likeness (QED) is 0.686. The van der Waals surface area contributed by atoms with Crippen molar-refractivity contribution in [2.75, 3.05) is 0 Å². The molecule has 0 spiro atoms. The predicted octanol–water partition coefficient (Wildman–Crippen LogP) is 1.42. The zero-order valence-corrected chi connectivity index (χ0v) is 7.90. The molecule has 4 nitrogen and oxygen atoms in total. The molecule has 2 rings (SSSR count). The highest BCUT2D eigenvalue weighted by Crippen LogP contribution is 2.06. The molecule has 0 radical (unpaired) electrons. The Morgan fingerprint density at radius 2 is 1.86 bits per heavy atom. The summed E-state index contributed by atoms with van der Waals surface area (Å²) in [6.07, 6.45) is 2.25. The third kappa shape index (κ3) is 1.48. The van der Waals surface area contributed by atoms with Crippen LogP contribution in [0, 0.1) is 19.7 Å². The second-order valence-corrected chi connectivity index (χ2v) is 3.04. The van der Waals surface area contributed by atoms with Gasteiger partial charge in [-0.1, -0.05) is 0 Å². The number of nitrogens with zero attached hydrogens (tertiary/aromatic N) is 4. The Hall–Kier alpha value is -1.78. The van der Waals surface area contributed by atoms with Gasteiger partial charge in [0.2, 0.25) is 0 Å². The molecule has 2 aromatic rings. The molecule has 0 saturated heterocycles. The number of rotatable bonds is 1. The van der Waals surface area contributed by atoms with Gasteiger partial charge in [0, 0.05) is 5.69 Å². The lowest BCUT2D eigenvalue weighted by molar-refractivity contribution is 0.607. The topological polar surface area (TPSA) is 43.6 Å². The minimum Gasteiger partial charge on any atom is -0.217 e. The van der Waals surface area contributed by atoms with Crippen molar-refractivity contribution < 1.29 is 4.39 Å². The molecule has 72 valence electrons. The van der Waals surface area contributed by atoms with Crippen LogP contribution in [0.2, 0.25) is 0 Å². The average molecular weight is 192 g/mol. The lowest BCUT2D eigenvalue weighted by atomic mass is 10.4. The minimum absolute atomic E-state index is 0.386. The lowest BCUT2D eigenvalue weighted by Gasteiger charge is -2.00. The van der Waals surface area contributed by atoms with Crippen LogP contribution in [0.1, 0.15) is 11.4 Å². The second-order valence-electron chi connectivity index (χ2n) is 3.04. The number of aromatic nitrogens is 4. The van der Waals surface area contributed by atoms with Gasteiger partial charge in [-0.25, -0.2) is 19.0 Å². The van der Waals surface area contributed by atoms with Gasteiger partial charge in [-0.3, -0.25) is 0 Å². The van der Waals surface area contributed by atoms with E-state index < -0.39 is 5.82 Å². The molecule has 2 aromatic heterocycles. The van der Waals surface area contributed by atoms with Crippen LogP contribution in [-0.4, -0.2) is 19.7 Å². The van der Waals surface area contributed by atoms with E-state index in [1.807, 2.05) is 19.9 Å². The van der Waals surface area contributed by atoms with Crippen LogP contribution in [0.4, 0.5) is 4.39 Å². The van der Waals surface area contributed by atoms with E-state index in [0.717, 1.165) is 23.8 Å². The molecule has 0 aromatic carbocycles. The van der Waals surface area contributed by atoms with Gasteiger partial charge in [0.25, 0.3) is 5.95 Å². The smallest absolute Gasteiger partial charge is 0.217 e. The molecule has 14 heavy (non-hydrogen) atoms. The van der Waals surface area contributed by atoms with Crippen molar-refractivity contribution in [3.8, 4) is 5.95 Å². The van der Waals surface area contributed by atoms with E-state index in [1.54, 1.807) is 4.68 Å². The first-order chi connectivity index (χ1) is 6.66. The molecular weight excluding hydrogens is 183 g/mol. The molecule has 0 fully saturated rings. The predicted molar refractivity (Wildman–Crippen MR) is 48.6 cm³/mol. The molecule has 2 heterocycles. The summed E-state index contributed by atoms with van der Waals surface area (Å²) >= 11 is 0. The van der Waals surface area contributed by atoms with Gasteiger partial charge in [0.1, 0.15) is 0 Å². The minimum atomic E-state index is -0.449. The second kappa shape index (κ2) is 3.17. The Labute approximate surface area is 80.4 Å².